The molecule has 4 nitrogen and oxygen atoms in total. The Kier molecular flexibility index (Phi) is 8.87. The largest absolute Gasteiger partial charge is 0.309 e. The molecule has 0 bridgehead atoms. The van der Waals surface area contributed by atoms with Gasteiger partial charge in [0.05, 0.1) is 39.7 Å². The fourth-order valence-electron chi connectivity index (χ4n) is 8.61. The Labute approximate surface area is 338 Å². The Morgan fingerprint density at radius 2 is 0.948 bits per heavy atom. The Morgan fingerprint density at radius 1 is 0.414 bits per heavy atom. The van der Waals surface area contributed by atoms with Crippen molar-refractivity contribution in [3.63, 3.8) is 0 Å². The number of benzene rings is 8. The molecule has 8 aromatic carbocycles. The highest BCUT2D eigenvalue weighted by Gasteiger charge is 2.41. The van der Waals surface area contributed by atoms with Gasteiger partial charge in [0.1, 0.15) is 0 Å². The van der Waals surface area contributed by atoms with Gasteiger partial charge in [0.15, 0.2) is 13.9 Å². The van der Waals surface area contributed by atoms with Crippen LogP contribution < -0.4 is 20.7 Å². The molecule has 0 aliphatic heterocycles. The van der Waals surface area contributed by atoms with E-state index in [-0.39, 0.29) is 0 Å². The summed E-state index contributed by atoms with van der Waals surface area (Å²) in [5.74, 6) is 0.659. The molecule has 0 spiro atoms. The fraction of sp³-hybridized carbons (Fsp3) is 0. The fourth-order valence-corrected chi connectivity index (χ4v) is 13.4. The number of fused-ring (bicyclic) bond motifs is 3. The summed E-state index contributed by atoms with van der Waals surface area (Å²) in [4.78, 5) is 10.6. The highest BCUT2D eigenvalue weighted by molar-refractivity contribution is 7.19. The lowest BCUT2D eigenvalue weighted by molar-refractivity contribution is 1.15. The molecule has 0 saturated heterocycles. The molecule has 0 saturated carbocycles. The third-order valence-electron chi connectivity index (χ3n) is 11.2. The maximum atomic E-state index is 9.79. The molecule has 5 heteroatoms. The van der Waals surface area contributed by atoms with E-state index in [1.54, 1.807) is 0 Å². The lowest BCUT2D eigenvalue weighted by Gasteiger charge is -2.34. The Bertz CT molecular complexity index is 3020. The molecule has 0 fully saturated rings. The molecule has 0 amide bonds. The van der Waals surface area contributed by atoms with Crippen molar-refractivity contribution in [2.45, 2.75) is 0 Å². The number of para-hydroxylation sites is 2. The van der Waals surface area contributed by atoms with E-state index in [0.717, 1.165) is 55.6 Å². The normalized spacial score (nSPS) is 11.4. The van der Waals surface area contributed by atoms with Crippen molar-refractivity contribution < 1.29 is 0 Å². The van der Waals surface area contributed by atoms with Gasteiger partial charge in [-0.3, -0.25) is 0 Å². The summed E-state index contributed by atoms with van der Waals surface area (Å²) in [6.07, 6.45) is 0. The molecule has 58 heavy (non-hydrogen) atoms. The van der Waals surface area contributed by atoms with Gasteiger partial charge in [-0.2, -0.15) is 5.26 Å². The zero-order chi connectivity index (χ0) is 38.9. The topological polar surface area (TPSA) is 54.5 Å². The molecule has 0 aliphatic carbocycles. The average molecular weight is 757 g/mol. The number of hydrogen-bond acceptors (Lipinski definition) is 3. The summed E-state index contributed by atoms with van der Waals surface area (Å²) >= 11 is 0. The molecule has 10 aromatic rings. The van der Waals surface area contributed by atoms with Crippen molar-refractivity contribution in [2.75, 3.05) is 0 Å². The van der Waals surface area contributed by atoms with Gasteiger partial charge in [-0.05, 0) is 57.1 Å². The molecule has 2 aromatic heterocycles. The minimum absolute atomic E-state index is 0.637. The number of nitriles is 1. The van der Waals surface area contributed by atoms with Crippen LogP contribution in [0.15, 0.2) is 218 Å². The first-order valence-electron chi connectivity index (χ1n) is 19.5. The van der Waals surface area contributed by atoms with E-state index in [1.165, 1.54) is 20.7 Å². The molecule has 0 radical (unpaired) electrons. The van der Waals surface area contributed by atoms with Crippen LogP contribution in [0.1, 0.15) is 5.56 Å². The Balaban J connectivity index is 1.22. The van der Waals surface area contributed by atoms with Crippen LogP contribution in [-0.4, -0.2) is 22.6 Å². The van der Waals surface area contributed by atoms with Crippen LogP contribution in [0, 0.1) is 11.3 Å². The summed E-state index contributed by atoms with van der Waals surface area (Å²) < 4.78 is 2.30. The number of aromatic nitrogens is 3. The van der Waals surface area contributed by atoms with Gasteiger partial charge < -0.3 is 4.57 Å². The van der Waals surface area contributed by atoms with Gasteiger partial charge in [-0.25, -0.2) is 9.97 Å². The number of rotatable bonds is 8. The smallest absolute Gasteiger partial charge is 0.179 e. The van der Waals surface area contributed by atoms with Crippen LogP contribution in [-0.2, 0) is 0 Å². The predicted octanol–water partition coefficient (Wildman–Crippen LogP) is 9.82. The first-order chi connectivity index (χ1) is 28.7. The van der Waals surface area contributed by atoms with Gasteiger partial charge in [0, 0.05) is 27.5 Å². The highest BCUT2D eigenvalue weighted by Crippen LogP contribution is 2.37. The van der Waals surface area contributed by atoms with Crippen LogP contribution in [0.2, 0.25) is 0 Å². The predicted molar refractivity (Wildman–Crippen MR) is 241 cm³/mol. The third-order valence-corrected chi connectivity index (χ3v) is 16.0. The van der Waals surface area contributed by atoms with Crippen LogP contribution >= 0.6 is 0 Å². The van der Waals surface area contributed by atoms with Crippen LogP contribution in [0.25, 0.3) is 61.4 Å². The lowest BCUT2D eigenvalue weighted by Crippen LogP contribution is -2.74. The second kappa shape index (κ2) is 14.8. The van der Waals surface area contributed by atoms with E-state index in [2.05, 4.69) is 199 Å². The van der Waals surface area contributed by atoms with E-state index in [0.29, 0.717) is 11.4 Å². The average Bonchev–Trinajstić information content (AvgIpc) is 3.64. The zero-order valence-electron chi connectivity index (χ0n) is 31.6. The second-order valence-electron chi connectivity index (χ2n) is 14.5. The molecule has 0 unspecified atom stereocenters. The van der Waals surface area contributed by atoms with E-state index >= 15 is 0 Å². The van der Waals surface area contributed by atoms with Crippen molar-refractivity contribution in [1.82, 2.24) is 14.5 Å². The van der Waals surface area contributed by atoms with E-state index in [9.17, 15) is 5.26 Å². The molecular weight excluding hydrogens is 721 g/mol. The molecular formula is C53H36N4Si. The van der Waals surface area contributed by atoms with E-state index in [1.807, 2.05) is 30.3 Å². The lowest BCUT2D eigenvalue weighted by atomic mass is 10.0. The standard InChI is InChI=1S/C53H36N4Si/c54-37-38-32-33-52-47(34-38)45-28-13-15-30-50(45)57(52)51-31-16-14-29-46(51)49-36-48(55-53(56-49)39-18-5-1-6-19-39)40-20-17-27-44(35-40)58(41-21-7-2-8-22-41,42-23-9-3-10-24-42)43-25-11-4-12-26-43/h1-36H. The molecule has 2 heterocycles. The van der Waals surface area contributed by atoms with Gasteiger partial charge in [0.25, 0.3) is 0 Å². The maximum Gasteiger partial charge on any atom is 0.179 e. The van der Waals surface area contributed by atoms with Crippen molar-refractivity contribution in [1.29, 1.82) is 5.26 Å². The van der Waals surface area contributed by atoms with Gasteiger partial charge in [-0.1, -0.05) is 182 Å². The van der Waals surface area contributed by atoms with Gasteiger partial charge in [-0.15, -0.1) is 0 Å². The van der Waals surface area contributed by atoms with Crippen LogP contribution in [0.3, 0.4) is 0 Å². The van der Waals surface area contributed by atoms with Crippen LogP contribution in [0.4, 0.5) is 0 Å². The first-order valence-corrected chi connectivity index (χ1v) is 21.5. The summed E-state index contributed by atoms with van der Waals surface area (Å²) in [7, 11) is -2.79. The maximum absolute atomic E-state index is 9.79. The Morgan fingerprint density at radius 3 is 1.62 bits per heavy atom. The van der Waals surface area contributed by atoms with Crippen molar-refractivity contribution in [2.24, 2.45) is 0 Å². The van der Waals surface area contributed by atoms with Gasteiger partial charge in [0.2, 0.25) is 0 Å². The summed E-state index contributed by atoms with van der Waals surface area (Å²) in [5.41, 5.74) is 8.35. The Hall–Kier alpha value is -7.65. The quantitative estimate of drug-likeness (QED) is 0.115. The highest BCUT2D eigenvalue weighted by atomic mass is 28.3. The first kappa shape index (κ1) is 34.8. The van der Waals surface area contributed by atoms with Crippen molar-refractivity contribution >= 4 is 50.6 Å². The molecule has 0 aliphatic rings. The molecule has 0 atom stereocenters. The minimum atomic E-state index is -2.79. The third kappa shape index (κ3) is 5.92. The molecule has 0 N–H and O–H groups in total. The van der Waals surface area contributed by atoms with Crippen LogP contribution in [0.5, 0.6) is 0 Å². The molecule has 272 valence electrons. The van der Waals surface area contributed by atoms with Crippen molar-refractivity contribution in [3.8, 4) is 45.7 Å². The van der Waals surface area contributed by atoms with Crippen molar-refractivity contribution in [3.05, 3.63) is 224 Å². The van der Waals surface area contributed by atoms with E-state index < -0.39 is 8.07 Å². The van der Waals surface area contributed by atoms with E-state index in [4.69, 9.17) is 9.97 Å². The monoisotopic (exact) mass is 756 g/mol. The van der Waals surface area contributed by atoms with Gasteiger partial charge >= 0.3 is 0 Å². The minimum Gasteiger partial charge on any atom is -0.309 e. The second-order valence-corrected chi connectivity index (χ2v) is 18.3. The zero-order valence-corrected chi connectivity index (χ0v) is 32.6. The summed E-state index contributed by atoms with van der Waals surface area (Å²) in [6.45, 7) is 0. The SMILES string of the molecule is N#Cc1ccc2c(c1)c1ccccc1n2-c1ccccc1-c1cc(-c2cccc([Si](c3ccccc3)(c3ccccc3)c3ccccc3)c2)nc(-c2ccccc2)n1. The number of nitrogens with zero attached hydrogens (tertiary/aromatic N) is 4. The summed E-state index contributed by atoms with van der Waals surface area (Å²) in [6, 6.07) is 79.6. The summed E-state index contributed by atoms with van der Waals surface area (Å²) in [5, 5.41) is 17.2. The number of hydrogen-bond donors (Lipinski definition) is 0. The molecule has 10 rings (SSSR count).